The monoisotopic (exact) mass is 326 g/mol. The van der Waals surface area contributed by atoms with E-state index in [2.05, 4.69) is 0 Å². The first kappa shape index (κ1) is 14.1. The lowest BCUT2D eigenvalue weighted by Gasteiger charge is -2.04. The van der Waals surface area contributed by atoms with Crippen molar-refractivity contribution in [3.63, 3.8) is 0 Å². The highest BCUT2D eigenvalue weighted by Crippen LogP contribution is 2.37. The molecular formula is C17H14N2O3S. The molecule has 1 aliphatic carbocycles. The molecule has 0 radical (unpaired) electrons. The first-order valence-corrected chi connectivity index (χ1v) is 8.32. The summed E-state index contributed by atoms with van der Waals surface area (Å²) in [6, 6.07) is 11.4. The van der Waals surface area contributed by atoms with Crippen molar-refractivity contribution in [2.24, 2.45) is 5.92 Å². The summed E-state index contributed by atoms with van der Waals surface area (Å²) < 4.78 is 1.98. The molecule has 0 unspecified atom stereocenters. The first-order valence-electron chi connectivity index (χ1n) is 7.50. The van der Waals surface area contributed by atoms with Crippen LogP contribution in [0.3, 0.4) is 0 Å². The molecule has 2 aromatic heterocycles. The molecule has 0 N–H and O–H groups in total. The summed E-state index contributed by atoms with van der Waals surface area (Å²) in [4.78, 5) is 24.6. The molecule has 1 aliphatic rings. The van der Waals surface area contributed by atoms with E-state index < -0.39 is 4.92 Å². The van der Waals surface area contributed by atoms with Crippen LogP contribution in [-0.4, -0.2) is 9.49 Å². The maximum Gasteiger partial charge on any atom is 0.303 e. The maximum atomic E-state index is 12.7. The van der Waals surface area contributed by atoms with Gasteiger partial charge in [-0.25, -0.2) is 0 Å². The summed E-state index contributed by atoms with van der Waals surface area (Å²) in [7, 11) is 0. The molecule has 6 heteroatoms. The molecule has 4 rings (SSSR count). The Bertz CT molecular complexity index is 955. The van der Waals surface area contributed by atoms with Crippen LogP contribution in [0.2, 0.25) is 0 Å². The zero-order valence-electron chi connectivity index (χ0n) is 12.3. The van der Waals surface area contributed by atoms with Gasteiger partial charge in [-0.15, -0.1) is 11.3 Å². The minimum atomic E-state index is -0.392. The fraction of sp³-hybridized carbons (Fsp3) is 0.235. The number of pyridine rings is 1. The molecule has 1 fully saturated rings. The number of nitrogens with zero attached hydrogens (tertiary/aromatic N) is 2. The van der Waals surface area contributed by atoms with Crippen molar-refractivity contribution >= 4 is 27.1 Å². The van der Waals surface area contributed by atoms with Gasteiger partial charge in [0.1, 0.15) is 4.70 Å². The Morgan fingerprint density at radius 3 is 2.65 bits per heavy atom. The molecule has 5 nitrogen and oxygen atoms in total. The SMILES string of the molecule is O=c1c2cc(-c3ccccc3)sc2c([N+](=O)[O-])cn1CC1CC1. The molecule has 0 atom stereocenters. The van der Waals surface area contributed by atoms with Gasteiger partial charge in [-0.1, -0.05) is 30.3 Å². The fourth-order valence-corrected chi connectivity index (χ4v) is 3.89. The number of rotatable bonds is 4. The van der Waals surface area contributed by atoms with E-state index >= 15 is 0 Å². The van der Waals surface area contributed by atoms with Gasteiger partial charge in [-0.05, 0) is 30.4 Å². The van der Waals surface area contributed by atoms with E-state index in [0.717, 1.165) is 23.3 Å². The van der Waals surface area contributed by atoms with E-state index in [4.69, 9.17) is 0 Å². The molecule has 0 saturated heterocycles. The Hall–Kier alpha value is -2.47. The lowest BCUT2D eigenvalue weighted by Crippen LogP contribution is -2.20. The van der Waals surface area contributed by atoms with Gasteiger partial charge < -0.3 is 4.57 Å². The number of benzene rings is 1. The molecule has 23 heavy (non-hydrogen) atoms. The average Bonchev–Trinajstić information content (AvgIpc) is 3.25. The highest BCUT2D eigenvalue weighted by molar-refractivity contribution is 7.22. The van der Waals surface area contributed by atoms with Crippen LogP contribution >= 0.6 is 11.3 Å². The van der Waals surface area contributed by atoms with Crippen molar-refractivity contribution in [2.45, 2.75) is 19.4 Å². The maximum absolute atomic E-state index is 12.7. The zero-order valence-corrected chi connectivity index (χ0v) is 13.1. The van der Waals surface area contributed by atoms with Gasteiger partial charge in [0.25, 0.3) is 5.56 Å². The number of aromatic nitrogens is 1. The number of fused-ring (bicyclic) bond motifs is 1. The minimum absolute atomic E-state index is 0.0208. The Morgan fingerprint density at radius 2 is 2.00 bits per heavy atom. The molecule has 0 amide bonds. The van der Waals surface area contributed by atoms with Crippen LogP contribution in [0.4, 0.5) is 5.69 Å². The van der Waals surface area contributed by atoms with Crippen molar-refractivity contribution in [1.29, 1.82) is 0 Å². The molecule has 1 saturated carbocycles. The largest absolute Gasteiger partial charge is 0.308 e. The van der Waals surface area contributed by atoms with E-state index in [1.165, 1.54) is 22.1 Å². The highest BCUT2D eigenvalue weighted by Gasteiger charge is 2.26. The predicted molar refractivity (Wildman–Crippen MR) is 90.9 cm³/mol. The number of thiophene rings is 1. The smallest absolute Gasteiger partial charge is 0.303 e. The summed E-state index contributed by atoms with van der Waals surface area (Å²) in [5.41, 5.74) is 0.861. The van der Waals surface area contributed by atoms with E-state index in [1.54, 1.807) is 6.07 Å². The molecule has 2 heterocycles. The Labute approximate surface area is 136 Å². The number of hydrogen-bond acceptors (Lipinski definition) is 4. The van der Waals surface area contributed by atoms with Gasteiger partial charge in [0, 0.05) is 11.4 Å². The Kier molecular flexibility index (Phi) is 3.27. The standard InChI is InChI=1S/C17H14N2O3S/c20-17-13-8-15(12-4-2-1-3-5-12)23-16(13)14(19(21)22)10-18(17)9-11-6-7-11/h1-5,8,10-11H,6-7,9H2. The lowest BCUT2D eigenvalue weighted by atomic mass is 10.2. The zero-order chi connectivity index (χ0) is 16.0. The summed E-state index contributed by atoms with van der Waals surface area (Å²) in [6.07, 6.45) is 3.60. The van der Waals surface area contributed by atoms with Crippen LogP contribution in [0.1, 0.15) is 12.8 Å². The average molecular weight is 326 g/mol. The van der Waals surface area contributed by atoms with Gasteiger partial charge >= 0.3 is 5.69 Å². The second-order valence-corrected chi connectivity index (χ2v) is 6.94. The van der Waals surface area contributed by atoms with Gasteiger partial charge in [0.15, 0.2) is 0 Å². The van der Waals surface area contributed by atoms with Gasteiger partial charge in [-0.2, -0.15) is 0 Å². The van der Waals surface area contributed by atoms with Crippen molar-refractivity contribution < 1.29 is 4.92 Å². The quantitative estimate of drug-likeness (QED) is 0.536. The van der Waals surface area contributed by atoms with Crippen LogP contribution in [0, 0.1) is 16.0 Å². The summed E-state index contributed by atoms with van der Waals surface area (Å²) >= 11 is 1.31. The summed E-state index contributed by atoms with van der Waals surface area (Å²) in [6.45, 7) is 0.576. The van der Waals surface area contributed by atoms with Crippen LogP contribution in [0.25, 0.3) is 20.5 Å². The molecular weight excluding hydrogens is 312 g/mol. The first-order chi connectivity index (χ1) is 11.1. The third-order valence-corrected chi connectivity index (χ3v) is 5.35. The van der Waals surface area contributed by atoms with Crippen LogP contribution < -0.4 is 5.56 Å². The molecule has 3 aromatic rings. The second-order valence-electron chi connectivity index (χ2n) is 5.89. The highest BCUT2D eigenvalue weighted by atomic mass is 32.1. The predicted octanol–water partition coefficient (Wildman–Crippen LogP) is 4.05. The molecule has 1 aromatic carbocycles. The van der Waals surface area contributed by atoms with Crippen molar-refractivity contribution in [3.05, 3.63) is 63.1 Å². The Morgan fingerprint density at radius 1 is 1.26 bits per heavy atom. The summed E-state index contributed by atoms with van der Waals surface area (Å²) in [5, 5.41) is 11.9. The van der Waals surface area contributed by atoms with E-state index in [9.17, 15) is 14.9 Å². The molecule has 116 valence electrons. The van der Waals surface area contributed by atoms with Gasteiger partial charge in [0.2, 0.25) is 0 Å². The Balaban J connectivity index is 1.94. The van der Waals surface area contributed by atoms with Gasteiger partial charge in [0.05, 0.1) is 16.5 Å². The molecule has 0 spiro atoms. The van der Waals surface area contributed by atoms with Crippen LogP contribution in [0.5, 0.6) is 0 Å². The third kappa shape index (κ3) is 2.55. The lowest BCUT2D eigenvalue weighted by molar-refractivity contribution is -0.383. The van der Waals surface area contributed by atoms with Crippen molar-refractivity contribution in [2.75, 3.05) is 0 Å². The number of hydrogen-bond donors (Lipinski definition) is 0. The summed E-state index contributed by atoms with van der Waals surface area (Å²) in [5.74, 6) is 0.483. The van der Waals surface area contributed by atoms with Crippen molar-refractivity contribution in [3.8, 4) is 10.4 Å². The third-order valence-electron chi connectivity index (χ3n) is 4.14. The molecule has 0 aliphatic heterocycles. The normalized spacial score (nSPS) is 14.3. The van der Waals surface area contributed by atoms with Gasteiger partial charge in [-0.3, -0.25) is 14.9 Å². The second kappa shape index (κ2) is 5.31. The van der Waals surface area contributed by atoms with E-state index in [1.807, 2.05) is 30.3 Å². The number of nitro groups is 1. The van der Waals surface area contributed by atoms with E-state index in [-0.39, 0.29) is 11.2 Å². The topological polar surface area (TPSA) is 65.1 Å². The van der Waals surface area contributed by atoms with Crippen molar-refractivity contribution in [1.82, 2.24) is 4.57 Å². The van der Waals surface area contributed by atoms with E-state index in [0.29, 0.717) is 22.5 Å². The van der Waals surface area contributed by atoms with Crippen LogP contribution in [-0.2, 0) is 6.54 Å². The van der Waals surface area contributed by atoms with Crippen LogP contribution in [0.15, 0.2) is 47.4 Å². The minimum Gasteiger partial charge on any atom is -0.308 e. The fourth-order valence-electron chi connectivity index (χ4n) is 2.75. The molecule has 0 bridgehead atoms.